The first-order valence-electron chi connectivity index (χ1n) is 13.5. The molecule has 0 N–H and O–H groups in total. The SMILES string of the molecule is COc1cccc(F)c1-c1nccc(C(=O)Cc2cc(I)c3nn(C)cc3c2N2CCN(C(=O)OC(C)(C)C)CC2)n1. The van der Waals surface area contributed by atoms with Crippen LogP contribution >= 0.6 is 22.6 Å². The molecule has 1 saturated heterocycles. The number of ether oxygens (including phenoxy) is 2. The summed E-state index contributed by atoms with van der Waals surface area (Å²) in [7, 11) is 3.31. The highest BCUT2D eigenvalue weighted by Gasteiger charge is 2.29. The highest BCUT2D eigenvalue weighted by molar-refractivity contribution is 14.1. The molecular weight excluding hydrogens is 654 g/mol. The number of rotatable bonds is 6. The third-order valence-corrected chi connectivity index (χ3v) is 7.70. The first-order valence-corrected chi connectivity index (χ1v) is 14.6. The molecule has 0 radical (unpaired) electrons. The molecule has 0 spiro atoms. The fourth-order valence-corrected chi connectivity index (χ4v) is 5.81. The summed E-state index contributed by atoms with van der Waals surface area (Å²) in [5.74, 6) is -0.416. The molecule has 0 aliphatic carbocycles. The van der Waals surface area contributed by atoms with E-state index in [0.717, 1.165) is 25.7 Å². The molecule has 220 valence electrons. The number of carbonyl (C=O) groups is 2. The first-order chi connectivity index (χ1) is 19.9. The highest BCUT2D eigenvalue weighted by atomic mass is 127. The maximum atomic E-state index is 14.7. The normalized spacial score (nSPS) is 13.9. The Morgan fingerprint density at radius 1 is 1.12 bits per heavy atom. The monoisotopic (exact) mass is 686 g/mol. The predicted molar refractivity (Wildman–Crippen MR) is 165 cm³/mol. The zero-order valence-electron chi connectivity index (χ0n) is 24.1. The van der Waals surface area contributed by atoms with Gasteiger partial charge in [-0.2, -0.15) is 5.10 Å². The summed E-state index contributed by atoms with van der Waals surface area (Å²) in [6, 6.07) is 7.97. The van der Waals surface area contributed by atoms with Crippen LogP contribution in [0.3, 0.4) is 0 Å². The van der Waals surface area contributed by atoms with Crippen LogP contribution in [0.15, 0.2) is 42.7 Å². The summed E-state index contributed by atoms with van der Waals surface area (Å²) in [6.07, 6.45) is 3.13. The second-order valence-electron chi connectivity index (χ2n) is 11.1. The fourth-order valence-electron chi connectivity index (χ4n) is 5.04. The van der Waals surface area contributed by atoms with E-state index in [1.54, 1.807) is 15.6 Å². The van der Waals surface area contributed by atoms with E-state index in [4.69, 9.17) is 9.47 Å². The van der Waals surface area contributed by atoms with E-state index in [-0.39, 0.29) is 41.1 Å². The van der Waals surface area contributed by atoms with Gasteiger partial charge in [0.15, 0.2) is 11.6 Å². The summed E-state index contributed by atoms with van der Waals surface area (Å²) in [6.45, 7) is 7.64. The van der Waals surface area contributed by atoms with E-state index in [1.165, 1.54) is 31.5 Å². The van der Waals surface area contributed by atoms with Crippen LogP contribution < -0.4 is 9.64 Å². The van der Waals surface area contributed by atoms with Gasteiger partial charge in [-0.3, -0.25) is 9.48 Å². The van der Waals surface area contributed by atoms with Crippen molar-refractivity contribution in [3.05, 3.63) is 63.4 Å². The number of piperazine rings is 1. The van der Waals surface area contributed by atoms with Crippen LogP contribution in [0.5, 0.6) is 5.75 Å². The van der Waals surface area contributed by atoms with Gasteiger partial charge in [-0.05, 0) is 73.2 Å². The number of hydrogen-bond donors (Lipinski definition) is 0. The van der Waals surface area contributed by atoms with Crippen molar-refractivity contribution in [2.24, 2.45) is 7.05 Å². The molecule has 2 aromatic heterocycles. The third-order valence-electron chi connectivity index (χ3n) is 6.87. The van der Waals surface area contributed by atoms with Crippen LogP contribution in [0.1, 0.15) is 36.8 Å². The lowest BCUT2D eigenvalue weighted by Gasteiger charge is -2.37. The number of halogens is 2. The van der Waals surface area contributed by atoms with Crippen LogP contribution in [-0.4, -0.2) is 75.4 Å². The predicted octanol–water partition coefficient (Wildman–Crippen LogP) is 5.27. The van der Waals surface area contributed by atoms with Gasteiger partial charge in [-0.25, -0.2) is 19.2 Å². The van der Waals surface area contributed by atoms with Crippen molar-refractivity contribution in [3.63, 3.8) is 0 Å². The first kappa shape index (κ1) is 29.7. The molecule has 0 saturated carbocycles. The largest absolute Gasteiger partial charge is 0.496 e. The van der Waals surface area contributed by atoms with Gasteiger partial charge in [0, 0.05) is 61.0 Å². The second-order valence-corrected chi connectivity index (χ2v) is 12.2. The third kappa shape index (κ3) is 6.18. The lowest BCUT2D eigenvalue weighted by atomic mass is 10.0. The Hall–Kier alpha value is -3.81. The molecule has 42 heavy (non-hydrogen) atoms. The molecule has 1 aliphatic rings. The standard InChI is InChI=1S/C30H32FIN6O4/c1-30(2,3)42-29(40)38-13-11-37(12-14-38)27-18(15-21(32)26-19(27)17-36(4)35-26)16-23(39)22-9-10-33-28(34-22)25-20(31)7-6-8-24(25)41-5/h6-10,15,17H,11-14,16H2,1-5H3. The molecule has 3 heterocycles. The average molecular weight is 687 g/mol. The van der Waals surface area contributed by atoms with Crippen molar-refractivity contribution in [2.45, 2.75) is 32.8 Å². The van der Waals surface area contributed by atoms with Gasteiger partial charge >= 0.3 is 6.09 Å². The van der Waals surface area contributed by atoms with E-state index in [9.17, 15) is 14.0 Å². The Bertz CT molecular complexity index is 1660. The molecule has 1 aliphatic heterocycles. The number of ketones is 1. The molecule has 2 aromatic carbocycles. The average Bonchev–Trinajstić information content (AvgIpc) is 3.34. The minimum atomic E-state index is -0.571. The van der Waals surface area contributed by atoms with E-state index in [0.29, 0.717) is 26.2 Å². The van der Waals surface area contributed by atoms with Crippen LogP contribution in [0.4, 0.5) is 14.9 Å². The number of fused-ring (bicyclic) bond motifs is 1. The number of benzene rings is 2. The van der Waals surface area contributed by atoms with E-state index >= 15 is 0 Å². The molecule has 1 fully saturated rings. The summed E-state index contributed by atoms with van der Waals surface area (Å²) in [5.41, 5.74) is 2.27. The molecule has 10 nitrogen and oxygen atoms in total. The smallest absolute Gasteiger partial charge is 0.410 e. The fraction of sp³-hybridized carbons (Fsp3) is 0.367. The number of hydrogen-bond acceptors (Lipinski definition) is 8. The summed E-state index contributed by atoms with van der Waals surface area (Å²) < 4.78 is 28.3. The molecule has 4 aromatic rings. The van der Waals surface area contributed by atoms with Crippen molar-refractivity contribution in [2.75, 3.05) is 38.2 Å². The van der Waals surface area contributed by atoms with Crippen molar-refractivity contribution < 1.29 is 23.5 Å². The molecule has 0 atom stereocenters. The number of methoxy groups -OCH3 is 1. The number of carbonyl (C=O) groups excluding carboxylic acids is 2. The van der Waals surface area contributed by atoms with Crippen molar-refractivity contribution in [1.82, 2.24) is 24.6 Å². The van der Waals surface area contributed by atoms with Crippen LogP contribution in [0, 0.1) is 9.39 Å². The van der Waals surface area contributed by atoms with Gasteiger partial charge in [0.1, 0.15) is 28.4 Å². The Kier molecular flexibility index (Phi) is 8.35. The summed E-state index contributed by atoms with van der Waals surface area (Å²) in [5, 5.41) is 5.57. The Morgan fingerprint density at radius 3 is 2.55 bits per heavy atom. The second kappa shape index (κ2) is 11.8. The van der Waals surface area contributed by atoms with Gasteiger partial charge in [-0.15, -0.1) is 0 Å². The minimum Gasteiger partial charge on any atom is -0.496 e. The molecule has 0 bridgehead atoms. The van der Waals surface area contributed by atoms with Gasteiger partial charge < -0.3 is 19.3 Å². The zero-order chi connectivity index (χ0) is 30.2. The Labute approximate surface area is 257 Å². The topological polar surface area (TPSA) is 103 Å². The number of nitrogens with zero attached hydrogens (tertiary/aromatic N) is 6. The summed E-state index contributed by atoms with van der Waals surface area (Å²) in [4.78, 5) is 38.9. The van der Waals surface area contributed by atoms with Gasteiger partial charge in [-0.1, -0.05) is 6.07 Å². The maximum Gasteiger partial charge on any atom is 0.410 e. The molecule has 1 amide bonds. The lowest BCUT2D eigenvalue weighted by molar-refractivity contribution is 0.0240. The number of aryl methyl sites for hydroxylation is 1. The number of Topliss-reactive ketones (excluding diaryl/α,β-unsaturated/α-hetero) is 1. The number of anilines is 1. The summed E-state index contributed by atoms with van der Waals surface area (Å²) >= 11 is 2.24. The quantitative estimate of drug-likeness (QED) is 0.200. The maximum absolute atomic E-state index is 14.7. The number of aromatic nitrogens is 4. The Morgan fingerprint density at radius 2 is 1.86 bits per heavy atom. The molecule has 12 heteroatoms. The van der Waals surface area contributed by atoms with E-state index in [1.807, 2.05) is 40.1 Å². The van der Waals surface area contributed by atoms with Gasteiger partial charge in [0.2, 0.25) is 0 Å². The van der Waals surface area contributed by atoms with Crippen LogP contribution in [0.2, 0.25) is 0 Å². The molecule has 5 rings (SSSR count). The molecule has 0 unspecified atom stereocenters. The van der Waals surface area contributed by atoms with Crippen molar-refractivity contribution in [3.8, 4) is 17.1 Å². The van der Waals surface area contributed by atoms with Gasteiger partial charge in [0.05, 0.1) is 18.4 Å². The molecular formula is C30H32FIN6O4. The van der Waals surface area contributed by atoms with Crippen molar-refractivity contribution >= 4 is 51.1 Å². The highest BCUT2D eigenvalue weighted by Crippen LogP contribution is 2.36. The zero-order valence-corrected chi connectivity index (χ0v) is 26.3. The van der Waals surface area contributed by atoms with Gasteiger partial charge in [0.25, 0.3) is 0 Å². The minimum absolute atomic E-state index is 0.0628. The van der Waals surface area contributed by atoms with Crippen molar-refractivity contribution in [1.29, 1.82) is 0 Å². The number of amides is 1. The lowest BCUT2D eigenvalue weighted by Crippen LogP contribution is -2.50. The van der Waals surface area contributed by atoms with Crippen LogP contribution in [-0.2, 0) is 18.2 Å². The Balaban J connectivity index is 1.46. The van der Waals surface area contributed by atoms with Crippen LogP contribution in [0.25, 0.3) is 22.3 Å². The van der Waals surface area contributed by atoms with E-state index in [2.05, 4.69) is 42.6 Å². The van der Waals surface area contributed by atoms with E-state index < -0.39 is 11.4 Å².